The van der Waals surface area contributed by atoms with Crippen LogP contribution in [-0.2, 0) is 4.74 Å². The summed E-state index contributed by atoms with van der Waals surface area (Å²) in [5.74, 6) is 1.000. The maximum absolute atomic E-state index is 11.7. The lowest BCUT2D eigenvalue weighted by atomic mass is 10.1. The Morgan fingerprint density at radius 2 is 2.19 bits per heavy atom. The summed E-state index contributed by atoms with van der Waals surface area (Å²) in [4.78, 5) is 11.7. The molecule has 86 valence electrons. The molecule has 0 amide bonds. The van der Waals surface area contributed by atoms with Crippen LogP contribution in [0.15, 0.2) is 24.3 Å². The Balaban J connectivity index is 1.85. The molecule has 0 aromatic heterocycles. The van der Waals surface area contributed by atoms with Crippen LogP contribution in [0.4, 0.5) is 0 Å². The summed E-state index contributed by atoms with van der Waals surface area (Å²) < 4.78 is 5.29. The van der Waals surface area contributed by atoms with Crippen molar-refractivity contribution >= 4 is 17.7 Å². The quantitative estimate of drug-likeness (QED) is 0.754. The minimum atomic E-state index is -0.201. The van der Waals surface area contributed by atoms with Crippen molar-refractivity contribution in [1.29, 1.82) is 0 Å². The van der Waals surface area contributed by atoms with Gasteiger partial charge < -0.3 is 4.74 Å². The van der Waals surface area contributed by atoms with Crippen molar-refractivity contribution < 1.29 is 9.53 Å². The fourth-order valence-electron chi connectivity index (χ4n) is 1.72. The highest BCUT2D eigenvalue weighted by Gasteiger charge is 2.17. The van der Waals surface area contributed by atoms with Crippen molar-refractivity contribution in [1.82, 2.24) is 0 Å². The minimum Gasteiger partial charge on any atom is -0.461 e. The van der Waals surface area contributed by atoms with Crippen molar-refractivity contribution in [3.8, 4) is 0 Å². The van der Waals surface area contributed by atoms with Crippen LogP contribution in [0.1, 0.15) is 28.8 Å². The Morgan fingerprint density at radius 3 is 2.81 bits per heavy atom. The minimum absolute atomic E-state index is 0.201. The van der Waals surface area contributed by atoms with Crippen LogP contribution in [0, 0.1) is 6.92 Å². The highest BCUT2D eigenvalue weighted by molar-refractivity contribution is 8.00. The molecule has 1 fully saturated rings. The molecule has 1 heterocycles. The van der Waals surface area contributed by atoms with Gasteiger partial charge >= 0.3 is 5.97 Å². The second-order valence-corrected chi connectivity index (χ2v) is 5.51. The van der Waals surface area contributed by atoms with Gasteiger partial charge in [0, 0.05) is 5.25 Å². The molecule has 0 saturated carbocycles. The summed E-state index contributed by atoms with van der Waals surface area (Å²) in [5.41, 5.74) is 1.80. The van der Waals surface area contributed by atoms with Gasteiger partial charge in [-0.3, -0.25) is 0 Å². The van der Waals surface area contributed by atoms with Gasteiger partial charge in [-0.2, -0.15) is 11.8 Å². The third kappa shape index (κ3) is 3.01. The van der Waals surface area contributed by atoms with E-state index in [1.165, 1.54) is 18.6 Å². The average molecular weight is 236 g/mol. The number of hydrogen-bond acceptors (Lipinski definition) is 3. The predicted octanol–water partition coefficient (Wildman–Crippen LogP) is 3.05. The summed E-state index contributed by atoms with van der Waals surface area (Å²) in [6.45, 7) is 2.56. The highest BCUT2D eigenvalue weighted by Crippen LogP contribution is 2.26. The third-order valence-corrected chi connectivity index (χ3v) is 4.08. The van der Waals surface area contributed by atoms with E-state index < -0.39 is 0 Å². The van der Waals surface area contributed by atoms with Crippen molar-refractivity contribution in [3.63, 3.8) is 0 Å². The molecule has 1 aliphatic heterocycles. The Morgan fingerprint density at radius 1 is 1.44 bits per heavy atom. The first-order valence-electron chi connectivity index (χ1n) is 5.61. The van der Waals surface area contributed by atoms with Crippen LogP contribution in [0.3, 0.4) is 0 Å². The number of ether oxygens (including phenoxy) is 1. The fraction of sp³-hybridized carbons (Fsp3) is 0.462. The third-order valence-electron chi connectivity index (χ3n) is 2.71. The summed E-state index contributed by atoms with van der Waals surface area (Å²) in [6.07, 6.45) is 2.42. The van der Waals surface area contributed by atoms with Gasteiger partial charge in [-0.05, 0) is 37.7 Å². The monoisotopic (exact) mass is 236 g/mol. The molecule has 1 aromatic rings. The Hall–Kier alpha value is -0.960. The molecule has 1 saturated heterocycles. The molecule has 3 heteroatoms. The zero-order valence-electron chi connectivity index (χ0n) is 9.44. The standard InChI is InChI=1S/C13H16O2S/c1-10-4-6-11(7-5-10)13(14)15-9-12-3-2-8-16-12/h4-7,12H,2-3,8-9H2,1H3/t12-/m1/s1. The van der Waals surface area contributed by atoms with E-state index in [9.17, 15) is 4.79 Å². The van der Waals surface area contributed by atoms with Crippen molar-refractivity contribution in [2.45, 2.75) is 25.0 Å². The van der Waals surface area contributed by atoms with E-state index in [4.69, 9.17) is 4.74 Å². The van der Waals surface area contributed by atoms with Gasteiger partial charge in [-0.1, -0.05) is 17.7 Å². The number of hydrogen-bond donors (Lipinski definition) is 0. The lowest BCUT2D eigenvalue weighted by molar-refractivity contribution is 0.0506. The number of carbonyl (C=O) groups excluding carboxylic acids is 1. The highest BCUT2D eigenvalue weighted by atomic mass is 32.2. The smallest absolute Gasteiger partial charge is 0.338 e. The van der Waals surface area contributed by atoms with E-state index in [1.54, 1.807) is 0 Å². The molecule has 0 radical (unpaired) electrons. The maximum atomic E-state index is 11.7. The molecule has 1 aliphatic rings. The van der Waals surface area contributed by atoms with Gasteiger partial charge in [0.2, 0.25) is 0 Å². The molecular formula is C13H16O2S. The molecule has 0 spiro atoms. The second kappa shape index (κ2) is 5.39. The van der Waals surface area contributed by atoms with Gasteiger partial charge in [0.1, 0.15) is 6.61 Å². The number of esters is 1. The number of thioether (sulfide) groups is 1. The SMILES string of the molecule is Cc1ccc(C(=O)OC[C@H]2CCCS2)cc1. The fourth-order valence-corrected chi connectivity index (χ4v) is 2.88. The van der Waals surface area contributed by atoms with Gasteiger partial charge in [-0.25, -0.2) is 4.79 Å². The van der Waals surface area contributed by atoms with Crippen LogP contribution in [0.2, 0.25) is 0 Å². The summed E-state index contributed by atoms with van der Waals surface area (Å²) >= 11 is 1.90. The first kappa shape index (κ1) is 11.5. The molecule has 1 atom stereocenters. The molecule has 0 unspecified atom stereocenters. The Labute approximate surface area is 100 Å². The molecule has 0 bridgehead atoms. The zero-order valence-corrected chi connectivity index (χ0v) is 10.3. The molecular weight excluding hydrogens is 220 g/mol. The van der Waals surface area contributed by atoms with Gasteiger partial charge in [0.05, 0.1) is 5.56 Å². The number of aryl methyl sites for hydroxylation is 1. The van der Waals surface area contributed by atoms with Crippen LogP contribution >= 0.6 is 11.8 Å². The lowest BCUT2D eigenvalue weighted by Crippen LogP contribution is -2.13. The molecule has 1 aromatic carbocycles. The number of benzene rings is 1. The largest absolute Gasteiger partial charge is 0.461 e. The summed E-state index contributed by atoms with van der Waals surface area (Å²) in [6, 6.07) is 7.50. The average Bonchev–Trinajstić information content (AvgIpc) is 2.80. The van der Waals surface area contributed by atoms with E-state index in [1.807, 2.05) is 43.0 Å². The van der Waals surface area contributed by atoms with Crippen molar-refractivity contribution in [2.75, 3.05) is 12.4 Å². The summed E-state index contributed by atoms with van der Waals surface area (Å²) in [7, 11) is 0. The molecule has 16 heavy (non-hydrogen) atoms. The first-order chi connectivity index (χ1) is 7.75. The molecule has 0 aliphatic carbocycles. The zero-order chi connectivity index (χ0) is 11.4. The van der Waals surface area contributed by atoms with E-state index in [0.717, 1.165) is 5.56 Å². The number of rotatable bonds is 3. The first-order valence-corrected chi connectivity index (χ1v) is 6.66. The van der Waals surface area contributed by atoms with E-state index in [2.05, 4.69) is 0 Å². The van der Waals surface area contributed by atoms with Gasteiger partial charge in [-0.15, -0.1) is 0 Å². The van der Waals surface area contributed by atoms with Gasteiger partial charge in [0.25, 0.3) is 0 Å². The van der Waals surface area contributed by atoms with Crippen LogP contribution < -0.4 is 0 Å². The summed E-state index contributed by atoms with van der Waals surface area (Å²) in [5, 5.41) is 0.509. The van der Waals surface area contributed by atoms with E-state index in [-0.39, 0.29) is 5.97 Å². The lowest BCUT2D eigenvalue weighted by Gasteiger charge is -2.09. The Kier molecular flexibility index (Phi) is 3.88. The van der Waals surface area contributed by atoms with E-state index in [0.29, 0.717) is 17.4 Å². The van der Waals surface area contributed by atoms with Crippen LogP contribution in [0.25, 0.3) is 0 Å². The van der Waals surface area contributed by atoms with Crippen molar-refractivity contribution in [2.24, 2.45) is 0 Å². The molecule has 2 nitrogen and oxygen atoms in total. The number of carbonyl (C=O) groups is 1. The second-order valence-electron chi connectivity index (χ2n) is 4.10. The van der Waals surface area contributed by atoms with Crippen LogP contribution in [0.5, 0.6) is 0 Å². The van der Waals surface area contributed by atoms with E-state index >= 15 is 0 Å². The van der Waals surface area contributed by atoms with Crippen molar-refractivity contribution in [3.05, 3.63) is 35.4 Å². The Bertz CT molecular complexity index is 353. The van der Waals surface area contributed by atoms with Gasteiger partial charge in [0.15, 0.2) is 0 Å². The predicted molar refractivity (Wildman–Crippen MR) is 66.9 cm³/mol. The normalized spacial score (nSPS) is 19.7. The molecule has 0 N–H and O–H groups in total. The molecule has 2 rings (SSSR count). The topological polar surface area (TPSA) is 26.3 Å². The maximum Gasteiger partial charge on any atom is 0.338 e. The van der Waals surface area contributed by atoms with Crippen LogP contribution in [-0.4, -0.2) is 23.6 Å².